The molecule has 0 aromatic carbocycles. The summed E-state index contributed by atoms with van der Waals surface area (Å²) in [5, 5.41) is 8.71. The highest BCUT2D eigenvalue weighted by Crippen LogP contribution is 2.22. The van der Waals surface area contributed by atoms with E-state index in [0.29, 0.717) is 29.4 Å². The minimum Gasteiger partial charge on any atom is -0.465 e. The molecule has 22 heavy (non-hydrogen) atoms. The number of esters is 1. The Hall–Kier alpha value is -2.10. The van der Waals surface area contributed by atoms with Gasteiger partial charge in [-0.25, -0.2) is 4.40 Å². The molecule has 0 spiro atoms. The van der Waals surface area contributed by atoms with E-state index in [1.165, 1.54) is 11.8 Å². The molecule has 2 aromatic rings. The number of rotatable bonds is 6. The van der Waals surface area contributed by atoms with Crippen molar-refractivity contribution in [3.8, 4) is 0 Å². The first-order valence-electron chi connectivity index (χ1n) is 6.70. The predicted octanol–water partition coefficient (Wildman–Crippen LogP) is 0.306. The fourth-order valence-corrected chi connectivity index (χ4v) is 2.40. The normalized spacial score (nSPS) is 10.8. The summed E-state index contributed by atoms with van der Waals surface area (Å²) in [6.07, 6.45) is 0. The van der Waals surface area contributed by atoms with Gasteiger partial charge in [0, 0.05) is 28.2 Å². The maximum atomic E-state index is 11.5. The van der Waals surface area contributed by atoms with Crippen molar-refractivity contribution < 1.29 is 9.53 Å². The SMILES string of the molecule is CCOC(=O)CSc1nnc2nc(N(C)C)nc(N(C)C)n12. The number of anilines is 2. The van der Waals surface area contributed by atoms with Gasteiger partial charge in [0.2, 0.25) is 11.9 Å². The lowest BCUT2D eigenvalue weighted by atomic mass is 10.7. The van der Waals surface area contributed by atoms with Crippen LogP contribution in [0.4, 0.5) is 11.9 Å². The number of nitrogens with zero attached hydrogens (tertiary/aromatic N) is 7. The van der Waals surface area contributed by atoms with Crippen LogP contribution in [0.15, 0.2) is 5.16 Å². The van der Waals surface area contributed by atoms with Crippen molar-refractivity contribution in [2.75, 3.05) is 50.4 Å². The van der Waals surface area contributed by atoms with E-state index in [1.807, 2.05) is 33.1 Å². The quantitative estimate of drug-likeness (QED) is 0.549. The van der Waals surface area contributed by atoms with Gasteiger partial charge < -0.3 is 14.5 Å². The average molecular weight is 325 g/mol. The Morgan fingerprint density at radius 1 is 1.18 bits per heavy atom. The van der Waals surface area contributed by atoms with Crippen molar-refractivity contribution in [1.82, 2.24) is 24.6 Å². The Morgan fingerprint density at radius 2 is 1.91 bits per heavy atom. The Balaban J connectivity index is 2.38. The van der Waals surface area contributed by atoms with Crippen LogP contribution >= 0.6 is 11.8 Å². The van der Waals surface area contributed by atoms with Crippen LogP contribution in [0.5, 0.6) is 0 Å². The minimum atomic E-state index is -0.290. The molecule has 0 unspecified atom stereocenters. The van der Waals surface area contributed by atoms with Crippen molar-refractivity contribution in [2.45, 2.75) is 12.1 Å². The zero-order valence-electron chi connectivity index (χ0n) is 13.3. The zero-order valence-corrected chi connectivity index (χ0v) is 14.1. The Bertz CT molecular complexity index is 671. The largest absolute Gasteiger partial charge is 0.465 e. The van der Waals surface area contributed by atoms with Crippen LogP contribution in [0.25, 0.3) is 5.78 Å². The first kappa shape index (κ1) is 16.3. The molecule has 0 aliphatic rings. The van der Waals surface area contributed by atoms with E-state index in [9.17, 15) is 4.79 Å². The summed E-state index contributed by atoms with van der Waals surface area (Å²) < 4.78 is 6.63. The summed E-state index contributed by atoms with van der Waals surface area (Å²) in [4.78, 5) is 24.0. The molecular formula is C12H19N7O2S. The number of hydrogen-bond donors (Lipinski definition) is 0. The Morgan fingerprint density at radius 3 is 2.50 bits per heavy atom. The van der Waals surface area contributed by atoms with Crippen LogP contribution in [-0.2, 0) is 9.53 Å². The molecule has 0 saturated heterocycles. The molecule has 0 amide bonds. The van der Waals surface area contributed by atoms with Gasteiger partial charge in [-0.15, -0.1) is 10.2 Å². The van der Waals surface area contributed by atoms with E-state index < -0.39 is 0 Å². The summed E-state index contributed by atoms with van der Waals surface area (Å²) >= 11 is 1.25. The standard InChI is InChI=1S/C12H19N7O2S/c1-6-21-8(20)7-22-12-16-15-10-13-9(17(2)3)14-11(18(4)5)19(10)12/h6-7H2,1-5H3. The summed E-state index contributed by atoms with van der Waals surface area (Å²) in [5.74, 6) is 1.50. The van der Waals surface area contributed by atoms with E-state index >= 15 is 0 Å². The van der Waals surface area contributed by atoms with Gasteiger partial charge in [0.05, 0.1) is 12.4 Å². The second-order valence-corrected chi connectivity index (χ2v) is 5.77. The fraction of sp³-hybridized carbons (Fsp3) is 0.583. The fourth-order valence-electron chi connectivity index (χ4n) is 1.68. The molecule has 9 nitrogen and oxygen atoms in total. The maximum absolute atomic E-state index is 11.5. The molecule has 0 radical (unpaired) electrons. The lowest BCUT2D eigenvalue weighted by molar-refractivity contribution is -0.139. The second-order valence-electron chi connectivity index (χ2n) is 4.82. The number of ether oxygens (including phenoxy) is 1. The topological polar surface area (TPSA) is 88.7 Å². The number of carbonyl (C=O) groups excluding carboxylic acids is 1. The van der Waals surface area contributed by atoms with Crippen molar-refractivity contribution >= 4 is 35.4 Å². The van der Waals surface area contributed by atoms with Crippen molar-refractivity contribution in [1.29, 1.82) is 0 Å². The van der Waals surface area contributed by atoms with Gasteiger partial charge in [-0.3, -0.25) is 4.79 Å². The molecule has 0 saturated carbocycles. The molecule has 0 atom stereocenters. The molecule has 0 bridgehead atoms. The number of fused-ring (bicyclic) bond motifs is 1. The van der Waals surface area contributed by atoms with Gasteiger partial charge in [-0.1, -0.05) is 11.8 Å². The zero-order chi connectivity index (χ0) is 16.3. The highest BCUT2D eigenvalue weighted by molar-refractivity contribution is 7.99. The molecule has 2 heterocycles. The van der Waals surface area contributed by atoms with Gasteiger partial charge in [0.25, 0.3) is 5.78 Å². The lowest BCUT2D eigenvalue weighted by Gasteiger charge is -2.17. The summed E-state index contributed by atoms with van der Waals surface area (Å²) in [6, 6.07) is 0. The molecule has 0 aliphatic carbocycles. The molecule has 2 aromatic heterocycles. The summed E-state index contributed by atoms with van der Waals surface area (Å²) in [7, 11) is 7.47. The molecule has 0 fully saturated rings. The van der Waals surface area contributed by atoms with E-state index in [0.717, 1.165) is 0 Å². The first-order chi connectivity index (χ1) is 10.4. The van der Waals surface area contributed by atoms with Gasteiger partial charge >= 0.3 is 5.97 Å². The van der Waals surface area contributed by atoms with Crippen molar-refractivity contribution in [2.24, 2.45) is 0 Å². The third-order valence-corrected chi connectivity index (χ3v) is 3.54. The van der Waals surface area contributed by atoms with Gasteiger partial charge in [0.15, 0.2) is 5.16 Å². The van der Waals surface area contributed by atoms with E-state index in [1.54, 1.807) is 16.2 Å². The molecular weight excluding hydrogens is 306 g/mol. The average Bonchev–Trinajstić information content (AvgIpc) is 2.87. The smallest absolute Gasteiger partial charge is 0.316 e. The molecule has 10 heteroatoms. The van der Waals surface area contributed by atoms with Gasteiger partial charge in [0.1, 0.15) is 0 Å². The van der Waals surface area contributed by atoms with Crippen LogP contribution in [0, 0.1) is 0 Å². The highest BCUT2D eigenvalue weighted by atomic mass is 32.2. The van der Waals surface area contributed by atoms with Crippen molar-refractivity contribution in [3.63, 3.8) is 0 Å². The van der Waals surface area contributed by atoms with Crippen LogP contribution in [0.1, 0.15) is 6.92 Å². The third-order valence-electron chi connectivity index (χ3n) is 2.64. The molecule has 2 rings (SSSR count). The Labute approximate surface area is 132 Å². The number of carbonyl (C=O) groups is 1. The predicted molar refractivity (Wildman–Crippen MR) is 84.6 cm³/mol. The number of thioether (sulfide) groups is 1. The highest BCUT2D eigenvalue weighted by Gasteiger charge is 2.18. The van der Waals surface area contributed by atoms with E-state index in [-0.39, 0.29) is 11.7 Å². The minimum absolute atomic E-state index is 0.164. The Kier molecular flexibility index (Phi) is 5.01. The van der Waals surface area contributed by atoms with Crippen LogP contribution in [0.3, 0.4) is 0 Å². The third kappa shape index (κ3) is 3.38. The molecule has 120 valence electrons. The second kappa shape index (κ2) is 6.77. The van der Waals surface area contributed by atoms with E-state index in [2.05, 4.69) is 20.2 Å². The maximum Gasteiger partial charge on any atom is 0.316 e. The van der Waals surface area contributed by atoms with Gasteiger partial charge in [-0.2, -0.15) is 9.97 Å². The monoisotopic (exact) mass is 325 g/mol. The summed E-state index contributed by atoms with van der Waals surface area (Å²) in [5.41, 5.74) is 0. The first-order valence-corrected chi connectivity index (χ1v) is 7.68. The van der Waals surface area contributed by atoms with Crippen LogP contribution in [-0.4, -0.2) is 71.1 Å². The number of aromatic nitrogens is 5. The summed E-state index contributed by atoms with van der Waals surface area (Å²) in [6.45, 7) is 2.13. The number of hydrogen-bond acceptors (Lipinski definition) is 9. The van der Waals surface area contributed by atoms with Crippen LogP contribution in [0.2, 0.25) is 0 Å². The lowest BCUT2D eigenvalue weighted by Crippen LogP contribution is -2.20. The molecule has 0 N–H and O–H groups in total. The van der Waals surface area contributed by atoms with E-state index in [4.69, 9.17) is 4.74 Å². The van der Waals surface area contributed by atoms with Gasteiger partial charge in [-0.05, 0) is 6.92 Å². The molecule has 0 aliphatic heterocycles. The van der Waals surface area contributed by atoms with Crippen LogP contribution < -0.4 is 9.80 Å². The van der Waals surface area contributed by atoms with Crippen molar-refractivity contribution in [3.05, 3.63) is 0 Å².